The van der Waals surface area contributed by atoms with E-state index < -0.39 is 28.6 Å². The van der Waals surface area contributed by atoms with E-state index in [2.05, 4.69) is 36.1 Å². The largest absolute Gasteiger partial charge is 0.487 e. The van der Waals surface area contributed by atoms with Crippen LogP contribution in [0.5, 0.6) is 0 Å². The number of azo groups is 1. The Balaban J connectivity index is 1.38. The van der Waals surface area contributed by atoms with Gasteiger partial charge in [-0.2, -0.15) is 18.3 Å². The number of carbonyl (C=O) groups is 2. The van der Waals surface area contributed by atoms with Crippen LogP contribution in [0.3, 0.4) is 0 Å². The van der Waals surface area contributed by atoms with Crippen molar-refractivity contribution in [3.8, 4) is 0 Å². The Morgan fingerprint density at radius 2 is 1.89 bits per heavy atom. The molecule has 1 aromatic heterocycles. The van der Waals surface area contributed by atoms with Crippen molar-refractivity contribution in [3.63, 3.8) is 0 Å². The third-order valence-electron chi connectivity index (χ3n) is 5.11. The molecule has 192 valence electrons. The highest BCUT2D eigenvalue weighted by Gasteiger charge is 2.32. The Labute approximate surface area is 207 Å². The maximum atomic E-state index is 12.7. The van der Waals surface area contributed by atoms with E-state index in [0.717, 1.165) is 12.4 Å². The minimum Gasteiger partial charge on any atom is -0.487 e. The van der Waals surface area contributed by atoms with Crippen molar-refractivity contribution in [1.82, 2.24) is 14.9 Å². The summed E-state index contributed by atoms with van der Waals surface area (Å²) >= 11 is 3.19. The normalized spacial score (nSPS) is 19.5. The average molecular weight is 565 g/mol. The zero-order valence-electron chi connectivity index (χ0n) is 18.8. The molecule has 1 saturated heterocycles. The summed E-state index contributed by atoms with van der Waals surface area (Å²) in [5.74, 6) is -0.0971. The molecule has 1 fully saturated rings. The molecule has 2 atom stereocenters. The summed E-state index contributed by atoms with van der Waals surface area (Å²) < 4.78 is 54.4. The Bertz CT molecular complexity index is 938. The van der Waals surface area contributed by atoms with Gasteiger partial charge in [-0.15, -0.1) is 5.11 Å². The predicted molar refractivity (Wildman–Crippen MR) is 119 cm³/mol. The van der Waals surface area contributed by atoms with Gasteiger partial charge in [-0.05, 0) is 0 Å². The maximum absolute atomic E-state index is 12.7. The highest BCUT2D eigenvalue weighted by Crippen LogP contribution is 2.28. The molecule has 3 heterocycles. The lowest BCUT2D eigenvalue weighted by atomic mass is 10.3. The first-order valence-electron chi connectivity index (χ1n) is 10.6. The number of hydrogen-bond donors (Lipinski definition) is 0. The van der Waals surface area contributed by atoms with Gasteiger partial charge in [0, 0.05) is 45.7 Å². The minimum atomic E-state index is -4.49. The molecule has 2 aliphatic heterocycles. The molecule has 15 heteroatoms. The Hall–Kier alpha value is -2.65. The lowest BCUT2D eigenvalue weighted by Gasteiger charge is -2.34. The first-order valence-corrected chi connectivity index (χ1v) is 11.5. The van der Waals surface area contributed by atoms with Gasteiger partial charge in [0.2, 0.25) is 11.9 Å². The van der Waals surface area contributed by atoms with E-state index in [1.54, 1.807) is 9.80 Å². The van der Waals surface area contributed by atoms with Crippen molar-refractivity contribution in [1.29, 1.82) is 0 Å². The summed E-state index contributed by atoms with van der Waals surface area (Å²) in [6, 6.07) is 0. The Morgan fingerprint density at radius 1 is 1.20 bits per heavy atom. The number of carbonyl (C=O) groups excluding carboxylic acids is 2. The number of piperazine rings is 1. The Kier molecular flexibility index (Phi) is 9.51. The van der Waals surface area contributed by atoms with Crippen LogP contribution < -0.4 is 4.90 Å². The smallest absolute Gasteiger partial charge is 0.419 e. The van der Waals surface area contributed by atoms with Crippen molar-refractivity contribution < 1.29 is 37.0 Å². The second-order valence-corrected chi connectivity index (χ2v) is 8.52. The maximum Gasteiger partial charge on any atom is 0.419 e. The second-order valence-electron chi connectivity index (χ2n) is 7.61. The summed E-state index contributed by atoms with van der Waals surface area (Å²) in [5, 5.41) is 7.00. The first kappa shape index (κ1) is 26.9. The van der Waals surface area contributed by atoms with Gasteiger partial charge in [-0.25, -0.2) is 9.97 Å². The Morgan fingerprint density at radius 3 is 2.51 bits per heavy atom. The molecule has 2 amide bonds. The average Bonchev–Trinajstić information content (AvgIpc) is 2.84. The summed E-state index contributed by atoms with van der Waals surface area (Å²) in [6.07, 6.45) is -2.02. The lowest BCUT2D eigenvalue weighted by molar-refractivity contribution is -0.138. The van der Waals surface area contributed by atoms with Gasteiger partial charge < -0.3 is 24.0 Å². The minimum absolute atomic E-state index is 0.108. The van der Waals surface area contributed by atoms with E-state index in [9.17, 15) is 22.8 Å². The fraction of sp³-hybridized carbons (Fsp3) is 0.600. The molecule has 0 bridgehead atoms. The van der Waals surface area contributed by atoms with E-state index in [1.807, 2.05) is 0 Å². The topological polar surface area (TPSA) is 119 Å². The molecule has 1 aromatic rings. The van der Waals surface area contributed by atoms with Crippen LogP contribution in [-0.2, 0) is 30.0 Å². The summed E-state index contributed by atoms with van der Waals surface area (Å²) in [4.78, 5) is 34.3. The molecule has 1 unspecified atom stereocenters. The van der Waals surface area contributed by atoms with E-state index in [4.69, 9.17) is 14.2 Å². The molecule has 0 radical (unpaired) electrons. The highest BCUT2D eigenvalue weighted by atomic mass is 79.9. The fourth-order valence-electron chi connectivity index (χ4n) is 3.28. The SMILES string of the molecule is COC[C@@H](COCCC(=O)N1CCN(c2ncc(C(F)(F)F)cn2)CC1)OC1=CN=NC(=O)C1Br. The third kappa shape index (κ3) is 7.67. The van der Waals surface area contributed by atoms with Gasteiger partial charge in [0.15, 0.2) is 4.83 Å². The van der Waals surface area contributed by atoms with Crippen LogP contribution in [0.15, 0.2) is 34.6 Å². The van der Waals surface area contributed by atoms with Crippen molar-refractivity contribution in [2.75, 3.05) is 58.0 Å². The quantitative estimate of drug-likeness (QED) is 0.313. The van der Waals surface area contributed by atoms with Crippen LogP contribution in [0.25, 0.3) is 0 Å². The van der Waals surface area contributed by atoms with E-state index >= 15 is 0 Å². The molecule has 35 heavy (non-hydrogen) atoms. The summed E-state index contributed by atoms with van der Waals surface area (Å²) in [5.41, 5.74) is -0.908. The van der Waals surface area contributed by atoms with Crippen LogP contribution in [0.2, 0.25) is 0 Å². The third-order valence-corrected chi connectivity index (χ3v) is 5.95. The number of nitrogens with zero attached hydrogens (tertiary/aromatic N) is 6. The molecule has 0 aromatic carbocycles. The number of methoxy groups -OCH3 is 1. The second kappa shape index (κ2) is 12.4. The number of alkyl halides is 4. The van der Waals surface area contributed by atoms with E-state index in [-0.39, 0.29) is 38.1 Å². The van der Waals surface area contributed by atoms with E-state index in [1.165, 1.54) is 13.3 Å². The van der Waals surface area contributed by atoms with Gasteiger partial charge in [-0.1, -0.05) is 15.9 Å². The molecule has 0 aliphatic carbocycles. The van der Waals surface area contributed by atoms with Crippen molar-refractivity contribution >= 4 is 33.7 Å². The molecular formula is C20H24BrF3N6O5. The van der Waals surface area contributed by atoms with Gasteiger partial charge in [-0.3, -0.25) is 9.59 Å². The number of aromatic nitrogens is 2. The van der Waals surface area contributed by atoms with Crippen molar-refractivity contribution in [2.24, 2.45) is 10.2 Å². The first-order chi connectivity index (χ1) is 16.7. The zero-order valence-corrected chi connectivity index (χ0v) is 20.4. The number of anilines is 1. The molecule has 0 saturated carbocycles. The molecule has 0 N–H and O–H groups in total. The van der Waals surface area contributed by atoms with Crippen LogP contribution in [0.4, 0.5) is 19.1 Å². The van der Waals surface area contributed by atoms with Gasteiger partial charge in [0.25, 0.3) is 5.91 Å². The fourth-order valence-corrected chi connectivity index (χ4v) is 3.60. The molecule has 3 rings (SSSR count). The van der Waals surface area contributed by atoms with Crippen LogP contribution in [-0.4, -0.2) is 90.7 Å². The molecular weight excluding hydrogens is 541 g/mol. The van der Waals surface area contributed by atoms with Crippen molar-refractivity contribution in [2.45, 2.75) is 23.5 Å². The zero-order chi connectivity index (χ0) is 25.4. The van der Waals surface area contributed by atoms with Crippen LogP contribution >= 0.6 is 15.9 Å². The van der Waals surface area contributed by atoms with Crippen LogP contribution in [0.1, 0.15) is 12.0 Å². The molecule has 2 aliphatic rings. The predicted octanol–water partition coefficient (Wildman–Crippen LogP) is 2.18. The van der Waals surface area contributed by atoms with E-state index in [0.29, 0.717) is 31.9 Å². The number of halogens is 4. The van der Waals surface area contributed by atoms with Crippen molar-refractivity contribution in [3.05, 3.63) is 29.9 Å². The van der Waals surface area contributed by atoms with Gasteiger partial charge in [0.05, 0.1) is 38.0 Å². The number of amides is 2. The lowest BCUT2D eigenvalue weighted by Crippen LogP contribution is -2.49. The highest BCUT2D eigenvalue weighted by molar-refractivity contribution is 9.10. The standard InChI is InChI=1S/C20H24BrF3N6O5/c1-33-11-14(35-15-10-27-28-18(32)17(15)21)12-34-7-2-16(31)29-3-5-30(6-4-29)19-25-8-13(9-26-19)20(22,23)24/h8-10,14,17H,2-7,11-12H2,1H3/t14-,17?/m0/s1. The van der Waals surface area contributed by atoms with Gasteiger partial charge in [0.1, 0.15) is 11.9 Å². The monoisotopic (exact) mass is 564 g/mol. The summed E-state index contributed by atoms with van der Waals surface area (Å²) in [7, 11) is 1.50. The van der Waals surface area contributed by atoms with Crippen LogP contribution in [0, 0.1) is 0 Å². The number of ether oxygens (including phenoxy) is 3. The number of hydrogen-bond acceptors (Lipinski definition) is 9. The number of rotatable bonds is 10. The molecule has 11 nitrogen and oxygen atoms in total. The summed E-state index contributed by atoms with van der Waals surface area (Å²) in [6.45, 7) is 2.07. The molecule has 0 spiro atoms. The van der Waals surface area contributed by atoms with Gasteiger partial charge >= 0.3 is 6.18 Å².